The Morgan fingerprint density at radius 1 is 1.40 bits per heavy atom. The van der Waals surface area contributed by atoms with Crippen molar-refractivity contribution >= 4 is 11.9 Å². The van der Waals surface area contributed by atoms with Gasteiger partial charge in [-0.1, -0.05) is 6.58 Å². The zero-order valence-electron chi connectivity index (χ0n) is 5.92. The van der Waals surface area contributed by atoms with Gasteiger partial charge in [0.05, 0.1) is 0 Å². The number of hydrogen-bond donors (Lipinski definition) is 0. The molecule has 0 amide bonds. The number of ether oxygens (including phenoxy) is 1. The van der Waals surface area contributed by atoms with Crippen LogP contribution in [0.3, 0.4) is 0 Å². The summed E-state index contributed by atoms with van der Waals surface area (Å²) in [6.45, 7) is 10.2. The molecule has 0 rings (SSSR count). The van der Waals surface area contributed by atoms with E-state index in [1.54, 1.807) is 0 Å². The number of esters is 2. The third kappa shape index (κ3) is 9.80. The molecule has 0 aromatic rings. The lowest BCUT2D eigenvalue weighted by Gasteiger charge is -1.89. The summed E-state index contributed by atoms with van der Waals surface area (Å²) in [5, 5.41) is 0. The van der Waals surface area contributed by atoms with Crippen molar-refractivity contribution in [1.29, 1.82) is 0 Å². The molecule has 10 heavy (non-hydrogen) atoms. The zero-order valence-corrected chi connectivity index (χ0v) is 5.92. The van der Waals surface area contributed by atoms with Crippen LogP contribution in [-0.4, -0.2) is 11.9 Å². The van der Waals surface area contributed by atoms with Crippen molar-refractivity contribution in [3.63, 3.8) is 0 Å². The largest absolute Gasteiger partial charge is 0.390 e. The summed E-state index contributed by atoms with van der Waals surface area (Å²) >= 11 is 0. The van der Waals surface area contributed by atoms with Gasteiger partial charge in [-0.3, -0.25) is 4.79 Å². The Morgan fingerprint density at radius 3 is 1.90 bits per heavy atom. The van der Waals surface area contributed by atoms with Gasteiger partial charge in [-0.05, 0) is 0 Å². The van der Waals surface area contributed by atoms with Gasteiger partial charge in [0.15, 0.2) is 0 Å². The molecule has 0 saturated heterocycles. The molecular weight excluding hydrogens is 132 g/mol. The summed E-state index contributed by atoms with van der Waals surface area (Å²) in [5.74, 6) is -1.33. The van der Waals surface area contributed by atoms with E-state index >= 15 is 0 Å². The summed E-state index contributed by atoms with van der Waals surface area (Å²) < 4.78 is 4.00. The smallest absolute Gasteiger partial charge is 0.337 e. The quantitative estimate of drug-likeness (QED) is 0.238. The first kappa shape index (κ1) is 11.4. The molecule has 0 bridgehead atoms. The van der Waals surface area contributed by atoms with Gasteiger partial charge in [0.2, 0.25) is 0 Å². The Balaban J connectivity index is 0. The molecule has 0 saturated carbocycles. The maximum Gasteiger partial charge on any atom is 0.337 e. The van der Waals surface area contributed by atoms with Crippen LogP contribution < -0.4 is 0 Å². The van der Waals surface area contributed by atoms with Gasteiger partial charge < -0.3 is 4.74 Å². The highest BCUT2D eigenvalue weighted by Crippen LogP contribution is 1.77. The summed E-state index contributed by atoms with van der Waals surface area (Å²) in [5.41, 5.74) is 0. The van der Waals surface area contributed by atoms with E-state index in [-0.39, 0.29) is 0 Å². The molecule has 0 spiro atoms. The number of rotatable bonds is 1. The summed E-state index contributed by atoms with van der Waals surface area (Å²) in [6.07, 6.45) is 0.932. The third-order valence-electron chi connectivity index (χ3n) is 0.411. The van der Waals surface area contributed by atoms with Crippen molar-refractivity contribution < 1.29 is 14.3 Å². The van der Waals surface area contributed by atoms with E-state index in [0.717, 1.165) is 13.0 Å². The Kier molecular flexibility index (Phi) is 8.70. The molecule has 0 unspecified atom stereocenters. The molecular formula is C7H10O3. The molecule has 3 heteroatoms. The molecule has 0 N–H and O–H groups in total. The molecule has 56 valence electrons. The molecule has 0 atom stereocenters. The normalized spacial score (nSPS) is 6.50. The van der Waals surface area contributed by atoms with E-state index in [9.17, 15) is 9.59 Å². The monoisotopic (exact) mass is 142 g/mol. The lowest BCUT2D eigenvalue weighted by atomic mass is 10.6. The van der Waals surface area contributed by atoms with Crippen molar-refractivity contribution in [3.8, 4) is 0 Å². The minimum absolute atomic E-state index is 0.616. The maximum absolute atomic E-state index is 10.1. The lowest BCUT2D eigenvalue weighted by Crippen LogP contribution is -2.04. The van der Waals surface area contributed by atoms with E-state index in [4.69, 9.17) is 0 Å². The SMILES string of the molecule is C=C.C=CC(=O)OC(C)=O. The molecule has 0 aromatic heterocycles. The Morgan fingerprint density at radius 2 is 1.80 bits per heavy atom. The van der Waals surface area contributed by atoms with Crippen molar-refractivity contribution in [1.82, 2.24) is 0 Å². The molecule has 0 aromatic carbocycles. The topological polar surface area (TPSA) is 43.4 Å². The van der Waals surface area contributed by atoms with Gasteiger partial charge >= 0.3 is 11.9 Å². The molecule has 3 nitrogen and oxygen atoms in total. The first-order chi connectivity index (χ1) is 4.66. The average molecular weight is 142 g/mol. The van der Waals surface area contributed by atoms with E-state index < -0.39 is 11.9 Å². The highest BCUT2D eigenvalue weighted by Gasteiger charge is 1.96. The van der Waals surface area contributed by atoms with Crippen LogP contribution >= 0.6 is 0 Å². The predicted octanol–water partition coefficient (Wildman–Crippen LogP) is 1.06. The first-order valence-corrected chi connectivity index (χ1v) is 2.51. The van der Waals surface area contributed by atoms with E-state index in [1.165, 1.54) is 0 Å². The minimum atomic E-state index is -0.711. The van der Waals surface area contributed by atoms with Crippen LogP contribution in [0.1, 0.15) is 6.92 Å². The van der Waals surface area contributed by atoms with Crippen molar-refractivity contribution in [2.45, 2.75) is 6.92 Å². The fourth-order valence-electron chi connectivity index (χ4n) is 0.183. The summed E-state index contributed by atoms with van der Waals surface area (Å²) in [6, 6.07) is 0. The van der Waals surface area contributed by atoms with Crippen molar-refractivity contribution in [2.75, 3.05) is 0 Å². The Bertz CT molecular complexity index is 138. The lowest BCUT2D eigenvalue weighted by molar-refractivity contribution is -0.154. The molecule has 0 aliphatic carbocycles. The maximum atomic E-state index is 10.1. The van der Waals surface area contributed by atoms with Crippen molar-refractivity contribution in [2.24, 2.45) is 0 Å². The summed E-state index contributed by atoms with van der Waals surface area (Å²) in [7, 11) is 0. The van der Waals surface area contributed by atoms with Crippen LogP contribution in [0, 0.1) is 0 Å². The van der Waals surface area contributed by atoms with Crippen LogP contribution in [-0.2, 0) is 14.3 Å². The summed E-state index contributed by atoms with van der Waals surface area (Å²) in [4.78, 5) is 20.0. The first-order valence-electron chi connectivity index (χ1n) is 2.51. The van der Waals surface area contributed by atoms with Crippen LogP contribution in [0.5, 0.6) is 0 Å². The number of carbonyl (C=O) groups excluding carboxylic acids is 2. The van der Waals surface area contributed by atoms with Gasteiger partial charge in [0, 0.05) is 13.0 Å². The van der Waals surface area contributed by atoms with Crippen molar-refractivity contribution in [3.05, 3.63) is 25.8 Å². The number of carbonyl (C=O) groups is 2. The average Bonchev–Trinajstić information content (AvgIpc) is 1.91. The molecule has 0 heterocycles. The Labute approximate surface area is 60.0 Å². The van der Waals surface area contributed by atoms with Gasteiger partial charge in [0.25, 0.3) is 0 Å². The third-order valence-corrected chi connectivity index (χ3v) is 0.411. The predicted molar refractivity (Wildman–Crippen MR) is 38.2 cm³/mol. The van der Waals surface area contributed by atoms with Crippen LogP contribution in [0.2, 0.25) is 0 Å². The second-order valence-electron chi connectivity index (χ2n) is 1.12. The van der Waals surface area contributed by atoms with E-state index in [2.05, 4.69) is 24.5 Å². The molecule has 0 fully saturated rings. The van der Waals surface area contributed by atoms with Crippen LogP contribution in [0.15, 0.2) is 25.8 Å². The number of hydrogen-bond acceptors (Lipinski definition) is 3. The van der Waals surface area contributed by atoms with Crippen LogP contribution in [0.25, 0.3) is 0 Å². The highest BCUT2D eigenvalue weighted by molar-refractivity contribution is 5.90. The Hall–Kier alpha value is -1.38. The second-order valence-corrected chi connectivity index (χ2v) is 1.12. The standard InChI is InChI=1S/C5H6O3.C2H4/c1-3-5(7)8-4(2)6;1-2/h3H,1H2,2H3;1-2H2. The van der Waals surface area contributed by atoms with Gasteiger partial charge in [-0.25, -0.2) is 4.79 Å². The van der Waals surface area contributed by atoms with Crippen LogP contribution in [0.4, 0.5) is 0 Å². The highest BCUT2D eigenvalue weighted by atomic mass is 16.6. The van der Waals surface area contributed by atoms with E-state index in [1.807, 2.05) is 0 Å². The molecule has 0 aliphatic rings. The fourth-order valence-corrected chi connectivity index (χ4v) is 0.183. The molecule has 0 aliphatic heterocycles. The minimum Gasteiger partial charge on any atom is -0.390 e. The second kappa shape index (κ2) is 7.62. The van der Waals surface area contributed by atoms with Gasteiger partial charge in [-0.2, -0.15) is 0 Å². The van der Waals surface area contributed by atoms with Gasteiger partial charge in [-0.15, -0.1) is 13.2 Å². The molecule has 0 radical (unpaired) electrons. The van der Waals surface area contributed by atoms with Gasteiger partial charge in [0.1, 0.15) is 0 Å². The fraction of sp³-hybridized carbons (Fsp3) is 0.143. The zero-order chi connectivity index (χ0) is 8.57. The van der Waals surface area contributed by atoms with E-state index in [0.29, 0.717) is 0 Å².